The molecule has 8 rings (SSSR count). The third-order valence-corrected chi connectivity index (χ3v) is 19.5. The Balaban J connectivity index is -0.000000955. The van der Waals surface area contributed by atoms with E-state index in [9.17, 15) is 4.79 Å². The quantitative estimate of drug-likeness (QED) is 0.0528. The molecule has 0 bridgehead atoms. The molecule has 0 aliphatic heterocycles. The number of rotatable bonds is 15. The summed E-state index contributed by atoms with van der Waals surface area (Å²) < 4.78 is 25.4. The minimum absolute atomic E-state index is 0. The normalized spacial score (nSPS) is 9.80. The summed E-state index contributed by atoms with van der Waals surface area (Å²) in [5.41, 5.74) is 11.5. The van der Waals surface area contributed by atoms with E-state index in [1.54, 1.807) is 24.3 Å². The van der Waals surface area contributed by atoms with Crippen LogP contribution in [0.5, 0.6) is 34.5 Å². The van der Waals surface area contributed by atoms with Crippen molar-refractivity contribution in [3.63, 3.8) is 0 Å². The van der Waals surface area contributed by atoms with Gasteiger partial charge in [0.15, 0.2) is 0 Å². The van der Waals surface area contributed by atoms with Crippen LogP contribution < -0.4 is 22.2 Å². The first-order valence-electron chi connectivity index (χ1n) is 27.6. The van der Waals surface area contributed by atoms with E-state index in [0.717, 1.165) is 76.0 Å². The second-order valence-corrected chi connectivity index (χ2v) is 29.4. The first-order chi connectivity index (χ1) is 39.4. The largest absolute Gasteiger partial charge is 0.508 e. The fourth-order valence-corrected chi connectivity index (χ4v) is 9.20. The number of phenolic OH excluding ortho intramolecular Hbond substituents is 2. The zero-order valence-electron chi connectivity index (χ0n) is 52.6. The molecule has 0 aliphatic carbocycles. The standard InChI is InChI=1S/C16H17O.C13H21BrOSi.C10H13BrO.C10H14O.C7H7BrO.C7H6O2.C7H8O.B.Sn.3U/c1-12-9-13(2)16(14(3)10-12)17-11-15-7-5-4-6-8-15;1-13(2,3)16(4,5)15-12-8-6-11(10-14)7-9-12;1-2-7-12-10-5-3-9(8-11)4-6-10;1-3-8-11-10-6-4-9(2)5-7-10;8-7-3-1-6(5-9)2-4-7;8-5-6-1-3-7(9)4-2-6;1-6-2-4-7(8)5-3-6;;;;;/h5-10H,11H2,1-3H3;6-9H,10H2,1-5H3;3-6H,2,7-8H2,1H3;4-7H,3,8H2,1-2H3;1-4,9H,5H2;1-5,9H;2-5,8H,1H3;;;;;. The zero-order chi connectivity index (χ0) is 61.8. The van der Waals surface area contributed by atoms with E-state index in [4.69, 9.17) is 34.0 Å². The van der Waals surface area contributed by atoms with Crippen LogP contribution in [0, 0.1) is 128 Å². The van der Waals surface area contributed by atoms with E-state index in [-0.39, 0.29) is 119 Å². The van der Waals surface area contributed by atoms with Crippen LogP contribution in [0.4, 0.5) is 0 Å². The number of aliphatic hydroxyl groups excluding tert-OH is 1. The van der Waals surface area contributed by atoms with Crippen LogP contribution in [0.1, 0.15) is 108 Å². The summed E-state index contributed by atoms with van der Waals surface area (Å²) in [6.45, 7) is 28.3. The molecule has 8 aromatic carbocycles. The van der Waals surface area contributed by atoms with Crippen molar-refractivity contribution in [2.75, 3.05) is 13.2 Å². The average molecular weight is 2170 g/mol. The van der Waals surface area contributed by atoms with Gasteiger partial charge in [-0.15, -0.1) is 0 Å². The van der Waals surface area contributed by atoms with Gasteiger partial charge in [-0.1, -0.05) is 154 Å². The van der Waals surface area contributed by atoms with Crippen molar-refractivity contribution in [3.8, 4) is 34.5 Å². The molecule has 0 saturated carbocycles. The number of aryl methyl sites for hydroxylation is 5. The molecular formula is C70H86BBr3O8SiSnU3. The number of carbonyl (C=O) groups excluding carboxylic acids is 1. The minimum atomic E-state index is -1.69. The van der Waals surface area contributed by atoms with Gasteiger partial charge in [-0.05, 0) is 146 Å². The maximum atomic E-state index is 10.0. The number of phenols is 2. The predicted octanol–water partition coefficient (Wildman–Crippen LogP) is 18.6. The van der Waals surface area contributed by atoms with E-state index in [1.165, 1.54) is 82.7 Å². The van der Waals surface area contributed by atoms with Crippen molar-refractivity contribution < 1.29 is 132 Å². The van der Waals surface area contributed by atoms with E-state index in [2.05, 4.69) is 208 Å². The Kier molecular flexibility index (Phi) is 51.6. The SMILES string of the molecule is CC(C)(C)[Si](C)(C)Oc1ccc(CBr)cc1.CCCOc1ccc(C)cc1.CCCOc1ccc(CBr)cc1.Cc1cc(C)c(OCc2cc[c]([Sn])cc2)c(C)c1.Cc1ccc(O)cc1.O=Cc1ccc(O)cc1.OCc1ccc(Br)cc1.[B].[U].[U].[U]. The maximum Gasteiger partial charge on any atom is 0.150 e. The van der Waals surface area contributed by atoms with Gasteiger partial charge in [0.1, 0.15) is 35.0 Å². The minimum Gasteiger partial charge on any atom is -0.508 e. The Hall–Kier alpha value is -2.13. The Morgan fingerprint density at radius 3 is 1.25 bits per heavy atom. The third-order valence-electron chi connectivity index (χ3n) is 12.4. The van der Waals surface area contributed by atoms with E-state index in [0.29, 0.717) is 17.9 Å². The van der Waals surface area contributed by atoms with Gasteiger partial charge in [-0.2, -0.15) is 0 Å². The van der Waals surface area contributed by atoms with Crippen molar-refractivity contribution in [3.05, 3.63) is 242 Å². The molecule has 8 nitrogen and oxygen atoms in total. The van der Waals surface area contributed by atoms with Gasteiger partial charge >= 0.3 is 123 Å². The monoisotopic (exact) mass is 2160 g/mol. The van der Waals surface area contributed by atoms with Crippen molar-refractivity contribution in [1.82, 2.24) is 0 Å². The number of benzene rings is 8. The van der Waals surface area contributed by atoms with E-state index in [1.807, 2.05) is 67.6 Å². The van der Waals surface area contributed by atoms with Gasteiger partial charge in [-0.3, -0.25) is 4.79 Å². The maximum absolute atomic E-state index is 10.0. The Bertz CT molecular complexity index is 2970. The summed E-state index contributed by atoms with van der Waals surface area (Å²) in [7, 11) is -1.69. The average Bonchev–Trinajstić information content (AvgIpc) is 3.65. The van der Waals surface area contributed by atoms with Crippen LogP contribution in [0.3, 0.4) is 0 Å². The Labute approximate surface area is 634 Å². The number of ether oxygens (including phenoxy) is 3. The van der Waals surface area contributed by atoms with Crippen molar-refractivity contribution >= 4 is 96.9 Å². The number of carbonyl (C=O) groups is 1. The third kappa shape index (κ3) is 39.8. The molecule has 0 fully saturated rings. The summed E-state index contributed by atoms with van der Waals surface area (Å²) in [6, 6.07) is 58.3. The number of aliphatic hydroxyl groups is 1. The molecule has 458 valence electrons. The van der Waals surface area contributed by atoms with Crippen LogP contribution in [0.25, 0.3) is 0 Å². The molecule has 0 amide bonds. The van der Waals surface area contributed by atoms with Crippen LogP contribution in [0.15, 0.2) is 186 Å². The van der Waals surface area contributed by atoms with Crippen LogP contribution >= 0.6 is 47.8 Å². The molecule has 0 spiro atoms. The summed E-state index contributed by atoms with van der Waals surface area (Å²) in [5, 5.41) is 28.2. The van der Waals surface area contributed by atoms with Crippen molar-refractivity contribution in [2.24, 2.45) is 0 Å². The molecule has 17 heteroatoms. The van der Waals surface area contributed by atoms with Crippen molar-refractivity contribution in [2.45, 2.75) is 124 Å². The van der Waals surface area contributed by atoms with Crippen molar-refractivity contribution in [1.29, 1.82) is 0 Å². The van der Waals surface area contributed by atoms with Gasteiger partial charge < -0.3 is 29.2 Å². The molecule has 0 unspecified atom stereocenters. The van der Waals surface area contributed by atoms with Gasteiger partial charge in [0.25, 0.3) is 0 Å². The topological polar surface area (TPSA) is 115 Å². The van der Waals surface area contributed by atoms with Crippen LogP contribution in [0.2, 0.25) is 18.1 Å². The number of hydrogen-bond acceptors (Lipinski definition) is 8. The summed E-state index contributed by atoms with van der Waals surface area (Å²) in [5.74, 6) is 4.46. The molecular weight excluding hydrogens is 2080 g/mol. The fourth-order valence-electron chi connectivity index (χ4n) is 6.68. The Morgan fingerprint density at radius 1 is 0.517 bits per heavy atom. The summed E-state index contributed by atoms with van der Waals surface area (Å²) in [6.07, 6.45) is 2.85. The summed E-state index contributed by atoms with van der Waals surface area (Å²) >= 11 is 11.6. The van der Waals surface area contributed by atoms with Crippen LogP contribution in [-0.4, -0.2) is 74.1 Å². The number of hydrogen-bond donors (Lipinski definition) is 3. The number of halogens is 3. The predicted molar refractivity (Wildman–Crippen MR) is 368 cm³/mol. The van der Waals surface area contributed by atoms with Gasteiger partial charge in [-0.25, -0.2) is 0 Å². The second kappa shape index (κ2) is 50.4. The summed E-state index contributed by atoms with van der Waals surface area (Å²) in [4.78, 5) is 10.0. The first kappa shape index (κ1) is 89.1. The molecule has 3 N–H and O–H groups in total. The van der Waals surface area contributed by atoms with E-state index < -0.39 is 8.32 Å². The number of aromatic hydroxyl groups is 2. The Morgan fingerprint density at radius 2 is 0.885 bits per heavy atom. The van der Waals surface area contributed by atoms with Gasteiger partial charge in [0.2, 0.25) is 8.32 Å². The first-order valence-corrected chi connectivity index (χ1v) is 35.0. The molecule has 6 radical (unpaired) electrons. The molecule has 8 aromatic rings. The van der Waals surface area contributed by atoms with E-state index >= 15 is 0 Å². The molecule has 87 heavy (non-hydrogen) atoms. The fraction of sp³-hybridized carbons (Fsp3) is 0.300. The molecule has 0 atom stereocenters. The van der Waals surface area contributed by atoms with Crippen LogP contribution in [-0.2, 0) is 23.9 Å². The number of alkyl halides is 2. The van der Waals surface area contributed by atoms with Gasteiger partial charge in [0.05, 0.1) is 19.8 Å². The van der Waals surface area contributed by atoms with Gasteiger partial charge in [0, 0.05) is 122 Å². The second-order valence-electron chi connectivity index (χ2n) is 21.0. The number of aldehydes is 1. The molecule has 0 saturated heterocycles. The zero-order valence-corrected chi connectivity index (χ0v) is 73.8. The smallest absolute Gasteiger partial charge is 0.150 e. The molecule has 0 aromatic heterocycles. The molecule has 0 heterocycles. The molecule has 0 aliphatic rings.